The Hall–Kier alpha value is -1.30. The first-order valence-electron chi connectivity index (χ1n) is 6.43. The van der Waals surface area contributed by atoms with E-state index in [-0.39, 0.29) is 12.6 Å². The summed E-state index contributed by atoms with van der Waals surface area (Å²) in [4.78, 5) is 10.5. The lowest BCUT2D eigenvalue weighted by Crippen LogP contribution is -1.98. The van der Waals surface area contributed by atoms with Gasteiger partial charge in [0.1, 0.15) is 6.61 Å². The average molecular weight is 237 g/mol. The third kappa shape index (κ3) is 11.0. The Morgan fingerprint density at radius 1 is 1.24 bits per heavy atom. The fourth-order valence-corrected chi connectivity index (χ4v) is 1.56. The van der Waals surface area contributed by atoms with E-state index in [1.165, 1.54) is 39.0 Å². The summed E-state index contributed by atoms with van der Waals surface area (Å²) in [6.45, 7) is 3.78. The van der Waals surface area contributed by atoms with E-state index in [1.807, 2.05) is 0 Å². The van der Waals surface area contributed by atoms with Crippen LogP contribution in [0.4, 0.5) is 0 Å². The highest BCUT2D eigenvalue weighted by molar-refractivity contribution is 5.66. The summed E-state index contributed by atoms with van der Waals surface area (Å²) in [7, 11) is 0. The molecule has 0 aliphatic heterocycles. The number of carbonyl (C=O) groups is 1. The first-order chi connectivity index (χ1) is 8.20. The number of hydrogen-bond donors (Lipinski definition) is 0. The third-order valence-corrected chi connectivity index (χ3v) is 2.56. The largest absolute Gasteiger partial charge is 0.462 e. The highest BCUT2D eigenvalue weighted by Gasteiger charge is 1.97. The van der Waals surface area contributed by atoms with Crippen LogP contribution < -0.4 is 0 Å². The topological polar surface area (TPSA) is 50.1 Å². The summed E-state index contributed by atoms with van der Waals surface area (Å²) < 4.78 is 4.77. The fourth-order valence-electron chi connectivity index (χ4n) is 1.56. The van der Waals surface area contributed by atoms with Crippen LogP contribution in [0.15, 0.2) is 11.6 Å². The van der Waals surface area contributed by atoms with Crippen molar-refractivity contribution < 1.29 is 9.53 Å². The molecule has 0 fully saturated rings. The molecule has 0 aromatic carbocycles. The average Bonchev–Trinajstić information content (AvgIpc) is 2.30. The van der Waals surface area contributed by atoms with E-state index in [2.05, 4.69) is 13.0 Å². The minimum Gasteiger partial charge on any atom is -0.462 e. The zero-order valence-corrected chi connectivity index (χ0v) is 11.0. The van der Waals surface area contributed by atoms with Crippen molar-refractivity contribution in [3.63, 3.8) is 0 Å². The zero-order chi connectivity index (χ0) is 12.9. The van der Waals surface area contributed by atoms with E-state index in [9.17, 15) is 4.79 Å². The summed E-state index contributed by atoms with van der Waals surface area (Å²) in [6.07, 6.45) is 9.80. The van der Waals surface area contributed by atoms with E-state index >= 15 is 0 Å². The van der Waals surface area contributed by atoms with Crippen molar-refractivity contribution in [3.8, 4) is 6.07 Å². The second-order valence-electron chi connectivity index (χ2n) is 4.16. The van der Waals surface area contributed by atoms with Crippen LogP contribution >= 0.6 is 0 Å². The number of ether oxygens (including phenoxy) is 1. The fraction of sp³-hybridized carbons (Fsp3) is 0.714. The van der Waals surface area contributed by atoms with Crippen LogP contribution in [-0.2, 0) is 9.53 Å². The number of esters is 1. The zero-order valence-electron chi connectivity index (χ0n) is 11.0. The maximum atomic E-state index is 10.5. The molecule has 17 heavy (non-hydrogen) atoms. The molecule has 0 rings (SSSR count). The summed E-state index contributed by atoms with van der Waals surface area (Å²) in [5, 5.41) is 8.87. The van der Waals surface area contributed by atoms with Gasteiger partial charge in [-0.05, 0) is 18.9 Å². The lowest BCUT2D eigenvalue weighted by Gasteiger charge is -2.01. The molecule has 0 aliphatic rings. The van der Waals surface area contributed by atoms with Gasteiger partial charge in [0, 0.05) is 12.5 Å². The van der Waals surface area contributed by atoms with Gasteiger partial charge in [-0.25, -0.2) is 0 Å². The van der Waals surface area contributed by atoms with Crippen LogP contribution in [0, 0.1) is 11.3 Å². The molecule has 0 aromatic rings. The molecule has 0 spiro atoms. The second kappa shape index (κ2) is 11.2. The maximum Gasteiger partial charge on any atom is 0.302 e. The van der Waals surface area contributed by atoms with Crippen LogP contribution in [-0.4, -0.2) is 12.6 Å². The van der Waals surface area contributed by atoms with Gasteiger partial charge < -0.3 is 4.74 Å². The number of allylic oxidation sites excluding steroid dienone is 1. The SMILES string of the molecule is CCCCCCCC/C(C#N)=C/COC(C)=O. The van der Waals surface area contributed by atoms with Crippen molar-refractivity contribution in [3.05, 3.63) is 11.6 Å². The van der Waals surface area contributed by atoms with Crippen molar-refractivity contribution in [1.82, 2.24) is 0 Å². The van der Waals surface area contributed by atoms with Gasteiger partial charge >= 0.3 is 5.97 Å². The van der Waals surface area contributed by atoms with Crippen LogP contribution in [0.3, 0.4) is 0 Å². The van der Waals surface area contributed by atoms with Gasteiger partial charge in [-0.3, -0.25) is 4.79 Å². The van der Waals surface area contributed by atoms with Crippen molar-refractivity contribution in [2.45, 2.75) is 58.8 Å². The van der Waals surface area contributed by atoms with Gasteiger partial charge in [0.05, 0.1) is 6.07 Å². The molecule has 0 saturated carbocycles. The van der Waals surface area contributed by atoms with Gasteiger partial charge in [0.25, 0.3) is 0 Å². The first kappa shape index (κ1) is 15.7. The predicted molar refractivity (Wildman–Crippen MR) is 68.3 cm³/mol. The van der Waals surface area contributed by atoms with Crippen molar-refractivity contribution in [2.75, 3.05) is 6.61 Å². The Bertz CT molecular complexity index is 276. The van der Waals surface area contributed by atoms with Crippen LogP contribution in [0.1, 0.15) is 58.8 Å². The van der Waals surface area contributed by atoms with Gasteiger partial charge in [0.2, 0.25) is 0 Å². The second-order valence-corrected chi connectivity index (χ2v) is 4.16. The Labute approximate surface area is 104 Å². The number of rotatable bonds is 9. The molecule has 0 unspecified atom stereocenters. The molecular weight excluding hydrogens is 214 g/mol. The van der Waals surface area contributed by atoms with E-state index in [1.54, 1.807) is 6.08 Å². The van der Waals surface area contributed by atoms with Crippen molar-refractivity contribution >= 4 is 5.97 Å². The van der Waals surface area contributed by atoms with Gasteiger partial charge in [0.15, 0.2) is 0 Å². The molecule has 0 heterocycles. The molecule has 0 amide bonds. The maximum absolute atomic E-state index is 10.5. The number of nitrogens with zero attached hydrogens (tertiary/aromatic N) is 1. The quantitative estimate of drug-likeness (QED) is 0.348. The van der Waals surface area contributed by atoms with E-state index in [4.69, 9.17) is 10.00 Å². The Morgan fingerprint density at radius 2 is 1.88 bits per heavy atom. The Balaban J connectivity index is 3.61. The van der Waals surface area contributed by atoms with E-state index < -0.39 is 0 Å². The first-order valence-corrected chi connectivity index (χ1v) is 6.43. The summed E-state index contributed by atoms with van der Waals surface area (Å²) in [5.74, 6) is -0.307. The number of carbonyl (C=O) groups excluding carboxylic acids is 1. The lowest BCUT2D eigenvalue weighted by atomic mass is 10.1. The number of nitriles is 1. The molecule has 3 nitrogen and oxygen atoms in total. The summed E-state index contributed by atoms with van der Waals surface area (Å²) in [6, 6.07) is 2.15. The molecule has 0 aromatic heterocycles. The molecule has 0 saturated heterocycles. The van der Waals surface area contributed by atoms with Crippen LogP contribution in [0.25, 0.3) is 0 Å². The van der Waals surface area contributed by atoms with Crippen LogP contribution in [0.5, 0.6) is 0 Å². The predicted octanol–water partition coefficient (Wildman–Crippen LogP) is 3.75. The molecule has 3 heteroatoms. The van der Waals surface area contributed by atoms with E-state index in [0.29, 0.717) is 0 Å². The Kier molecular flexibility index (Phi) is 10.3. The van der Waals surface area contributed by atoms with E-state index in [0.717, 1.165) is 18.4 Å². The third-order valence-electron chi connectivity index (χ3n) is 2.56. The molecule has 0 aliphatic carbocycles. The number of hydrogen-bond acceptors (Lipinski definition) is 3. The highest BCUT2D eigenvalue weighted by atomic mass is 16.5. The van der Waals surface area contributed by atoms with Gasteiger partial charge in [-0.15, -0.1) is 0 Å². The van der Waals surface area contributed by atoms with Crippen molar-refractivity contribution in [2.24, 2.45) is 0 Å². The molecule has 0 bridgehead atoms. The van der Waals surface area contributed by atoms with Gasteiger partial charge in [-0.1, -0.05) is 39.0 Å². The molecule has 0 N–H and O–H groups in total. The normalized spacial score (nSPS) is 11.0. The number of unbranched alkanes of at least 4 members (excludes halogenated alkanes) is 5. The minimum absolute atomic E-state index is 0.216. The highest BCUT2D eigenvalue weighted by Crippen LogP contribution is 2.11. The molecule has 0 radical (unpaired) electrons. The summed E-state index contributed by atoms with van der Waals surface area (Å²) >= 11 is 0. The van der Waals surface area contributed by atoms with Gasteiger partial charge in [-0.2, -0.15) is 5.26 Å². The standard InChI is InChI=1S/C14H23NO2/c1-3-4-5-6-7-8-9-14(12-15)10-11-17-13(2)16/h10H,3-9,11H2,1-2H3/b14-10-. The molecular formula is C14H23NO2. The summed E-state index contributed by atoms with van der Waals surface area (Å²) in [5.41, 5.74) is 0.724. The monoisotopic (exact) mass is 237 g/mol. The Morgan fingerprint density at radius 3 is 2.47 bits per heavy atom. The minimum atomic E-state index is -0.307. The van der Waals surface area contributed by atoms with Crippen molar-refractivity contribution in [1.29, 1.82) is 5.26 Å². The smallest absolute Gasteiger partial charge is 0.302 e. The molecule has 0 atom stereocenters. The van der Waals surface area contributed by atoms with Crippen LogP contribution in [0.2, 0.25) is 0 Å². The lowest BCUT2D eigenvalue weighted by molar-refractivity contribution is -0.139. The molecule has 96 valence electrons.